The maximum absolute atomic E-state index is 3.76. The number of nitrogens with one attached hydrogen (secondary N) is 1. The molecule has 1 aliphatic rings. The van der Waals surface area contributed by atoms with Gasteiger partial charge in [0.05, 0.1) is 0 Å². The van der Waals surface area contributed by atoms with Crippen LogP contribution in [0.2, 0.25) is 0 Å². The number of anilines is 1. The van der Waals surface area contributed by atoms with E-state index in [-0.39, 0.29) is 0 Å². The lowest BCUT2D eigenvalue weighted by atomic mass is 9.80. The average molecular weight is 249 g/mol. The molecule has 0 heterocycles. The van der Waals surface area contributed by atoms with Crippen LogP contribution in [0, 0.1) is 11.8 Å². The van der Waals surface area contributed by atoms with Crippen LogP contribution in [0.3, 0.4) is 0 Å². The molecule has 2 heteroatoms. The van der Waals surface area contributed by atoms with Crippen molar-refractivity contribution in [2.75, 3.05) is 11.6 Å². The first-order chi connectivity index (χ1) is 8.20. The van der Waals surface area contributed by atoms with E-state index in [9.17, 15) is 0 Å². The van der Waals surface area contributed by atoms with Crippen molar-refractivity contribution >= 4 is 17.4 Å². The van der Waals surface area contributed by atoms with Crippen molar-refractivity contribution < 1.29 is 0 Å². The zero-order chi connectivity index (χ0) is 12.3. The number of hydrogen-bond acceptors (Lipinski definition) is 2. The Morgan fingerprint density at radius 1 is 1.18 bits per heavy atom. The molecule has 0 bridgehead atoms. The highest BCUT2D eigenvalue weighted by Gasteiger charge is 2.25. The molecule has 0 aliphatic heterocycles. The number of para-hydroxylation sites is 1. The Balaban J connectivity index is 2.08. The molecule has 0 spiro atoms. The molecule has 0 radical (unpaired) electrons. The van der Waals surface area contributed by atoms with Crippen LogP contribution >= 0.6 is 11.8 Å². The molecule has 0 amide bonds. The van der Waals surface area contributed by atoms with Gasteiger partial charge in [0.1, 0.15) is 0 Å². The molecule has 1 aromatic rings. The predicted octanol–water partition coefficient (Wildman–Crippen LogP) is 4.65. The molecule has 3 atom stereocenters. The SMILES string of the molecule is CSc1ccccc1NC1CC(C)CCC1C. The third kappa shape index (κ3) is 3.19. The molecule has 17 heavy (non-hydrogen) atoms. The van der Waals surface area contributed by atoms with Crippen LogP contribution in [0.25, 0.3) is 0 Å². The molecule has 3 unspecified atom stereocenters. The molecular weight excluding hydrogens is 226 g/mol. The fourth-order valence-electron chi connectivity index (χ4n) is 2.70. The third-order valence-corrected chi connectivity index (χ3v) is 4.70. The Labute approximate surface area is 109 Å². The number of hydrogen-bond donors (Lipinski definition) is 1. The standard InChI is InChI=1S/C15H23NS/c1-11-8-9-12(2)14(10-11)16-13-6-4-5-7-15(13)17-3/h4-7,11-12,14,16H,8-10H2,1-3H3. The Bertz CT molecular complexity index is 364. The molecule has 1 N–H and O–H groups in total. The molecule has 0 saturated heterocycles. The minimum Gasteiger partial charge on any atom is -0.381 e. The molecule has 1 fully saturated rings. The van der Waals surface area contributed by atoms with Crippen LogP contribution in [-0.4, -0.2) is 12.3 Å². The molecule has 0 aromatic heterocycles. The van der Waals surface area contributed by atoms with E-state index in [2.05, 4.69) is 49.7 Å². The van der Waals surface area contributed by atoms with E-state index in [4.69, 9.17) is 0 Å². The lowest BCUT2D eigenvalue weighted by molar-refractivity contribution is 0.280. The maximum atomic E-state index is 3.76. The largest absolute Gasteiger partial charge is 0.381 e. The third-order valence-electron chi connectivity index (χ3n) is 3.91. The molecule has 1 saturated carbocycles. The van der Waals surface area contributed by atoms with E-state index in [1.54, 1.807) is 0 Å². The van der Waals surface area contributed by atoms with Gasteiger partial charge < -0.3 is 5.32 Å². The van der Waals surface area contributed by atoms with Crippen molar-refractivity contribution in [3.63, 3.8) is 0 Å². The second kappa shape index (κ2) is 5.81. The van der Waals surface area contributed by atoms with Crippen molar-refractivity contribution in [1.29, 1.82) is 0 Å². The molecular formula is C15H23NS. The molecule has 1 nitrogen and oxygen atoms in total. The second-order valence-corrected chi connectivity index (χ2v) is 6.19. The summed E-state index contributed by atoms with van der Waals surface area (Å²) in [6.07, 6.45) is 6.21. The number of benzene rings is 1. The van der Waals surface area contributed by atoms with Crippen molar-refractivity contribution in [3.05, 3.63) is 24.3 Å². The highest BCUT2D eigenvalue weighted by atomic mass is 32.2. The van der Waals surface area contributed by atoms with Crippen molar-refractivity contribution in [3.8, 4) is 0 Å². The maximum Gasteiger partial charge on any atom is 0.0480 e. The van der Waals surface area contributed by atoms with Crippen LogP contribution in [0.15, 0.2) is 29.2 Å². The van der Waals surface area contributed by atoms with E-state index < -0.39 is 0 Å². The van der Waals surface area contributed by atoms with E-state index in [0.717, 1.165) is 11.8 Å². The average Bonchev–Trinajstić information content (AvgIpc) is 2.34. The van der Waals surface area contributed by atoms with Gasteiger partial charge >= 0.3 is 0 Å². The first kappa shape index (κ1) is 12.8. The summed E-state index contributed by atoms with van der Waals surface area (Å²) in [6, 6.07) is 9.29. The van der Waals surface area contributed by atoms with Crippen LogP contribution in [0.4, 0.5) is 5.69 Å². The smallest absolute Gasteiger partial charge is 0.0480 e. The van der Waals surface area contributed by atoms with Crippen LogP contribution in [-0.2, 0) is 0 Å². The molecule has 1 aromatic carbocycles. The van der Waals surface area contributed by atoms with E-state index in [1.165, 1.54) is 29.8 Å². The van der Waals surface area contributed by atoms with Gasteiger partial charge in [0, 0.05) is 16.6 Å². The highest BCUT2D eigenvalue weighted by molar-refractivity contribution is 7.98. The Kier molecular flexibility index (Phi) is 4.38. The quantitative estimate of drug-likeness (QED) is 0.783. The first-order valence-electron chi connectivity index (χ1n) is 6.60. The lowest BCUT2D eigenvalue weighted by Gasteiger charge is -2.34. The lowest BCUT2D eigenvalue weighted by Crippen LogP contribution is -2.33. The predicted molar refractivity (Wildman–Crippen MR) is 77.8 cm³/mol. The van der Waals surface area contributed by atoms with Gasteiger partial charge in [-0.05, 0) is 43.1 Å². The fourth-order valence-corrected chi connectivity index (χ4v) is 3.26. The summed E-state index contributed by atoms with van der Waals surface area (Å²) < 4.78 is 0. The van der Waals surface area contributed by atoms with Gasteiger partial charge in [0.25, 0.3) is 0 Å². The van der Waals surface area contributed by atoms with Gasteiger partial charge in [-0.2, -0.15) is 0 Å². The van der Waals surface area contributed by atoms with Crippen LogP contribution in [0.5, 0.6) is 0 Å². The van der Waals surface area contributed by atoms with Crippen molar-refractivity contribution in [1.82, 2.24) is 0 Å². The normalized spacial score (nSPS) is 29.0. The highest BCUT2D eigenvalue weighted by Crippen LogP contribution is 2.33. The van der Waals surface area contributed by atoms with Crippen LogP contribution in [0.1, 0.15) is 33.1 Å². The van der Waals surface area contributed by atoms with E-state index in [1.807, 2.05) is 11.8 Å². The van der Waals surface area contributed by atoms with Gasteiger partial charge in [0.2, 0.25) is 0 Å². The minimum absolute atomic E-state index is 0.645. The van der Waals surface area contributed by atoms with E-state index in [0.29, 0.717) is 6.04 Å². The van der Waals surface area contributed by atoms with Gasteiger partial charge in [-0.15, -0.1) is 11.8 Å². The van der Waals surface area contributed by atoms with Gasteiger partial charge in [-0.3, -0.25) is 0 Å². The molecule has 1 aliphatic carbocycles. The van der Waals surface area contributed by atoms with Gasteiger partial charge in [-0.25, -0.2) is 0 Å². The van der Waals surface area contributed by atoms with Gasteiger partial charge in [-0.1, -0.05) is 32.4 Å². The summed E-state index contributed by atoms with van der Waals surface area (Å²) in [4.78, 5) is 1.36. The summed E-state index contributed by atoms with van der Waals surface area (Å²) in [7, 11) is 0. The summed E-state index contributed by atoms with van der Waals surface area (Å²) in [5.41, 5.74) is 1.31. The van der Waals surface area contributed by atoms with Crippen LogP contribution < -0.4 is 5.32 Å². The first-order valence-corrected chi connectivity index (χ1v) is 7.82. The summed E-state index contributed by atoms with van der Waals surface area (Å²) >= 11 is 1.82. The summed E-state index contributed by atoms with van der Waals surface area (Å²) in [5, 5.41) is 3.76. The van der Waals surface area contributed by atoms with Crippen molar-refractivity contribution in [2.45, 2.75) is 44.0 Å². The monoisotopic (exact) mass is 249 g/mol. The summed E-state index contributed by atoms with van der Waals surface area (Å²) in [5.74, 6) is 1.66. The Morgan fingerprint density at radius 2 is 1.94 bits per heavy atom. The summed E-state index contributed by atoms with van der Waals surface area (Å²) in [6.45, 7) is 4.76. The number of rotatable bonds is 3. The molecule has 2 rings (SSSR count). The van der Waals surface area contributed by atoms with Crippen molar-refractivity contribution in [2.24, 2.45) is 11.8 Å². The van der Waals surface area contributed by atoms with Gasteiger partial charge in [0.15, 0.2) is 0 Å². The Morgan fingerprint density at radius 3 is 2.71 bits per heavy atom. The second-order valence-electron chi connectivity index (χ2n) is 5.35. The number of thioether (sulfide) groups is 1. The topological polar surface area (TPSA) is 12.0 Å². The minimum atomic E-state index is 0.645. The Hall–Kier alpha value is -0.630. The zero-order valence-electron chi connectivity index (χ0n) is 11.1. The fraction of sp³-hybridized carbons (Fsp3) is 0.600. The molecule has 94 valence electrons. The van der Waals surface area contributed by atoms with E-state index >= 15 is 0 Å². The zero-order valence-corrected chi connectivity index (χ0v) is 11.9.